The van der Waals surface area contributed by atoms with Gasteiger partial charge in [0.25, 0.3) is 5.91 Å². The number of nitrogens with one attached hydrogen (secondary N) is 3. The van der Waals surface area contributed by atoms with Crippen molar-refractivity contribution in [1.82, 2.24) is 25.1 Å². The van der Waals surface area contributed by atoms with Crippen LogP contribution in [0, 0.1) is 11.8 Å². The van der Waals surface area contributed by atoms with Gasteiger partial charge in [0.2, 0.25) is 11.9 Å². The highest BCUT2D eigenvalue weighted by atomic mass is 19.4. The molecule has 1 saturated carbocycles. The third kappa shape index (κ3) is 8.11. The summed E-state index contributed by atoms with van der Waals surface area (Å²) in [4.78, 5) is 37.9. The lowest BCUT2D eigenvalue weighted by atomic mass is 10.0. The van der Waals surface area contributed by atoms with Gasteiger partial charge >= 0.3 is 6.18 Å². The lowest BCUT2D eigenvalue weighted by Crippen LogP contribution is -2.44. The van der Waals surface area contributed by atoms with Crippen LogP contribution in [0.15, 0.2) is 30.5 Å². The number of amides is 2. The number of hydrogen-bond donors (Lipinski definition) is 3. The molecule has 42 heavy (non-hydrogen) atoms. The summed E-state index contributed by atoms with van der Waals surface area (Å²) in [6.45, 7) is 6.56. The molecule has 0 radical (unpaired) electrons. The molecule has 2 fully saturated rings. The zero-order chi connectivity index (χ0) is 30.4. The Morgan fingerprint density at radius 2 is 1.79 bits per heavy atom. The van der Waals surface area contributed by atoms with Gasteiger partial charge in [0.05, 0.1) is 5.92 Å². The monoisotopic (exact) mass is 589 g/mol. The Bertz CT molecular complexity index is 1210. The Hall–Kier alpha value is -3.41. The van der Waals surface area contributed by atoms with Gasteiger partial charge in [-0.2, -0.15) is 18.2 Å². The van der Waals surface area contributed by atoms with Crippen LogP contribution in [0.3, 0.4) is 0 Å². The molecule has 3 N–H and O–H groups in total. The lowest BCUT2D eigenvalue weighted by Gasteiger charge is -2.35. The maximum Gasteiger partial charge on any atom is 0.421 e. The lowest BCUT2D eigenvalue weighted by molar-refractivity contribution is -0.137. The number of piperidine rings is 1. The van der Waals surface area contributed by atoms with E-state index in [0.717, 1.165) is 45.0 Å². The van der Waals surface area contributed by atoms with Crippen molar-refractivity contribution in [1.29, 1.82) is 0 Å². The highest BCUT2D eigenvalue weighted by Crippen LogP contribution is 2.37. The summed E-state index contributed by atoms with van der Waals surface area (Å²) in [6, 6.07) is 6.43. The zero-order valence-corrected chi connectivity index (χ0v) is 24.8. The van der Waals surface area contributed by atoms with E-state index >= 15 is 0 Å². The van der Waals surface area contributed by atoms with Crippen LogP contribution in [0.4, 0.5) is 30.6 Å². The van der Waals surface area contributed by atoms with E-state index in [1.165, 1.54) is 0 Å². The quantitative estimate of drug-likeness (QED) is 0.352. The molecule has 1 aromatic carbocycles. The summed E-state index contributed by atoms with van der Waals surface area (Å²) in [6.07, 6.45) is 0.647. The van der Waals surface area contributed by atoms with E-state index in [0.29, 0.717) is 36.6 Å². The second-order valence-electron chi connectivity index (χ2n) is 11.9. The van der Waals surface area contributed by atoms with Crippen molar-refractivity contribution >= 4 is 29.3 Å². The topological polar surface area (TPSA) is 102 Å². The molecular weight excluding hydrogens is 547 g/mol. The number of alkyl halides is 3. The Kier molecular flexibility index (Phi) is 10.3. The zero-order valence-electron chi connectivity index (χ0n) is 24.8. The molecular formula is C30H42F3N7O2. The Morgan fingerprint density at radius 1 is 1.10 bits per heavy atom. The van der Waals surface area contributed by atoms with Gasteiger partial charge in [0.1, 0.15) is 11.4 Å². The van der Waals surface area contributed by atoms with E-state index in [1.54, 1.807) is 29.2 Å². The number of anilines is 3. The molecule has 2 aromatic rings. The van der Waals surface area contributed by atoms with Crippen molar-refractivity contribution in [3.63, 3.8) is 0 Å². The van der Waals surface area contributed by atoms with E-state index in [2.05, 4.69) is 51.7 Å². The maximum atomic E-state index is 13.9. The second-order valence-corrected chi connectivity index (χ2v) is 11.9. The second kappa shape index (κ2) is 13.7. The number of carbonyl (C=O) groups is 2. The SMILES string of the molecule is CC(C)CCNC(=O)[C@H]1CCC[C@H]1Nc1nc(Nc2ccc(C(=O)N(C)C3CCN(C)CC3)cc2)ncc1C(F)(F)F. The Morgan fingerprint density at radius 3 is 2.43 bits per heavy atom. The number of likely N-dealkylation sites (tertiary alicyclic amines) is 1. The molecule has 1 aliphatic heterocycles. The predicted molar refractivity (Wildman–Crippen MR) is 157 cm³/mol. The summed E-state index contributed by atoms with van der Waals surface area (Å²) < 4.78 is 41.6. The van der Waals surface area contributed by atoms with Crippen molar-refractivity contribution in [2.45, 2.75) is 70.6 Å². The molecule has 2 amide bonds. The first-order valence-electron chi connectivity index (χ1n) is 14.7. The largest absolute Gasteiger partial charge is 0.421 e. The summed E-state index contributed by atoms with van der Waals surface area (Å²) >= 11 is 0. The Labute approximate surface area is 245 Å². The van der Waals surface area contributed by atoms with Gasteiger partial charge in [0, 0.05) is 43.1 Å². The molecule has 2 heterocycles. The minimum Gasteiger partial charge on any atom is -0.366 e. The van der Waals surface area contributed by atoms with Crippen molar-refractivity contribution in [2.24, 2.45) is 11.8 Å². The van der Waals surface area contributed by atoms with Crippen molar-refractivity contribution in [2.75, 3.05) is 44.4 Å². The average molecular weight is 590 g/mol. The number of nitrogens with zero attached hydrogens (tertiary/aromatic N) is 4. The van der Waals surface area contributed by atoms with Crippen LogP contribution in [-0.4, -0.2) is 77.4 Å². The van der Waals surface area contributed by atoms with Crippen LogP contribution >= 0.6 is 0 Å². The normalized spacial score (nSPS) is 20.0. The van der Waals surface area contributed by atoms with E-state index < -0.39 is 23.7 Å². The molecule has 230 valence electrons. The van der Waals surface area contributed by atoms with E-state index in [-0.39, 0.29) is 29.6 Å². The number of benzene rings is 1. The van der Waals surface area contributed by atoms with Crippen molar-refractivity contribution < 1.29 is 22.8 Å². The fourth-order valence-corrected chi connectivity index (χ4v) is 5.57. The summed E-state index contributed by atoms with van der Waals surface area (Å²) in [5, 5.41) is 8.79. The third-order valence-corrected chi connectivity index (χ3v) is 8.23. The van der Waals surface area contributed by atoms with Gasteiger partial charge in [-0.15, -0.1) is 0 Å². The molecule has 12 heteroatoms. The van der Waals surface area contributed by atoms with Crippen LogP contribution in [0.2, 0.25) is 0 Å². The molecule has 1 aliphatic carbocycles. The number of carbonyl (C=O) groups excluding carboxylic acids is 2. The first-order chi connectivity index (χ1) is 19.9. The third-order valence-electron chi connectivity index (χ3n) is 8.23. The predicted octanol–water partition coefficient (Wildman–Crippen LogP) is 5.15. The smallest absolute Gasteiger partial charge is 0.366 e. The van der Waals surface area contributed by atoms with Crippen LogP contribution in [0.25, 0.3) is 0 Å². The number of rotatable bonds is 10. The van der Waals surface area contributed by atoms with Crippen molar-refractivity contribution in [3.05, 3.63) is 41.6 Å². The molecule has 1 saturated heterocycles. The molecule has 2 aliphatic rings. The van der Waals surface area contributed by atoms with Gasteiger partial charge in [-0.1, -0.05) is 20.3 Å². The first kappa shape index (κ1) is 31.5. The van der Waals surface area contributed by atoms with Gasteiger partial charge in [-0.05, 0) is 82.4 Å². The van der Waals surface area contributed by atoms with Crippen molar-refractivity contribution in [3.8, 4) is 0 Å². The average Bonchev–Trinajstić information content (AvgIpc) is 3.40. The summed E-state index contributed by atoms with van der Waals surface area (Å²) in [5.41, 5.74) is 0.0656. The van der Waals surface area contributed by atoms with Crippen LogP contribution in [-0.2, 0) is 11.0 Å². The molecule has 4 rings (SSSR count). The van der Waals surface area contributed by atoms with E-state index in [9.17, 15) is 22.8 Å². The molecule has 0 unspecified atom stereocenters. The highest BCUT2D eigenvalue weighted by Gasteiger charge is 2.39. The fraction of sp³-hybridized carbons (Fsp3) is 0.600. The molecule has 2 atom stereocenters. The molecule has 0 spiro atoms. The molecule has 0 bridgehead atoms. The minimum atomic E-state index is -4.67. The van der Waals surface area contributed by atoms with Crippen LogP contribution in [0.1, 0.15) is 68.3 Å². The fourth-order valence-electron chi connectivity index (χ4n) is 5.57. The van der Waals surface area contributed by atoms with E-state index in [1.807, 2.05) is 7.05 Å². The van der Waals surface area contributed by atoms with Gasteiger partial charge in [-0.3, -0.25) is 9.59 Å². The highest BCUT2D eigenvalue weighted by molar-refractivity contribution is 5.94. The van der Waals surface area contributed by atoms with Gasteiger partial charge in [0.15, 0.2) is 0 Å². The standard InChI is InChI=1S/C30H42F3N7O2/c1-19(2)12-15-34-27(41)23-6-5-7-25(23)37-26-24(30(31,32)33)18-35-29(38-26)36-21-10-8-20(9-11-21)28(42)40(4)22-13-16-39(3)17-14-22/h8-11,18-19,22-23,25H,5-7,12-17H2,1-4H3,(H,34,41)(H2,35,36,37,38)/t23-,25+/m0/s1. The van der Waals surface area contributed by atoms with E-state index in [4.69, 9.17) is 0 Å². The number of halogens is 3. The van der Waals surface area contributed by atoms with Crippen LogP contribution < -0.4 is 16.0 Å². The number of aromatic nitrogens is 2. The van der Waals surface area contributed by atoms with Gasteiger partial charge < -0.3 is 25.8 Å². The summed E-state index contributed by atoms with van der Waals surface area (Å²) in [5.74, 6) is -0.619. The Balaban J connectivity index is 1.44. The first-order valence-corrected chi connectivity index (χ1v) is 14.7. The molecule has 1 aromatic heterocycles. The minimum absolute atomic E-state index is 0.0241. The maximum absolute atomic E-state index is 13.9. The summed E-state index contributed by atoms with van der Waals surface area (Å²) in [7, 11) is 3.89. The number of hydrogen-bond acceptors (Lipinski definition) is 7. The van der Waals surface area contributed by atoms with Gasteiger partial charge in [-0.25, -0.2) is 4.98 Å². The van der Waals surface area contributed by atoms with Crippen LogP contribution in [0.5, 0.6) is 0 Å². The molecule has 9 nitrogen and oxygen atoms in total.